The predicted octanol–water partition coefficient (Wildman–Crippen LogP) is 2.18. The summed E-state index contributed by atoms with van der Waals surface area (Å²) in [6.45, 7) is 4.74. The summed E-state index contributed by atoms with van der Waals surface area (Å²) in [4.78, 5) is 0. The highest BCUT2D eigenvalue weighted by Crippen LogP contribution is 2.25. The van der Waals surface area contributed by atoms with E-state index in [0.717, 1.165) is 5.69 Å². The van der Waals surface area contributed by atoms with Crippen molar-refractivity contribution in [2.45, 2.75) is 19.8 Å². The van der Waals surface area contributed by atoms with E-state index in [-0.39, 0.29) is 5.92 Å². The molecule has 2 N–H and O–H groups in total. The molecule has 0 amide bonds. The van der Waals surface area contributed by atoms with Gasteiger partial charge in [0.25, 0.3) is 0 Å². The molecule has 3 nitrogen and oxygen atoms in total. The minimum Gasteiger partial charge on any atom is -0.329 e. The third-order valence-electron chi connectivity index (χ3n) is 3.00. The number of hydrogen-bond donors (Lipinski definition) is 1. The van der Waals surface area contributed by atoms with E-state index in [9.17, 15) is 0 Å². The smallest absolute Gasteiger partial charge is 0.0718 e. The molecule has 0 fully saturated rings. The molecule has 0 radical (unpaired) electrons. The van der Waals surface area contributed by atoms with Crippen LogP contribution in [-0.2, 0) is 0 Å². The second kappa shape index (κ2) is 5.06. The zero-order chi connectivity index (χ0) is 12.3. The van der Waals surface area contributed by atoms with Crippen molar-refractivity contribution in [3.05, 3.63) is 58.9 Å². The lowest BCUT2D eigenvalue weighted by atomic mass is 9.90. The van der Waals surface area contributed by atoms with Crippen molar-refractivity contribution in [3.8, 4) is 0 Å². The molecule has 1 atom stereocenters. The molecule has 1 aromatic heterocycles. The fourth-order valence-corrected chi connectivity index (χ4v) is 2.04. The third kappa shape index (κ3) is 2.50. The second-order valence-electron chi connectivity index (χ2n) is 4.30. The molecular formula is C14H17N3. The minimum atomic E-state index is 0.128. The van der Waals surface area contributed by atoms with Gasteiger partial charge in [0, 0.05) is 18.7 Å². The molecule has 0 aliphatic rings. The summed E-state index contributed by atoms with van der Waals surface area (Å²) >= 11 is 0. The maximum Gasteiger partial charge on any atom is 0.0718 e. The zero-order valence-electron chi connectivity index (χ0n) is 10.2. The first kappa shape index (κ1) is 11.7. The second-order valence-corrected chi connectivity index (χ2v) is 4.30. The van der Waals surface area contributed by atoms with Crippen LogP contribution in [0.5, 0.6) is 0 Å². The molecule has 1 unspecified atom stereocenters. The standard InChI is InChI=1S/C14H17N3/c1-10-5-6-11(2)12(8-10)13(9-15)14-4-3-7-16-17-14/h3-8,13H,9,15H2,1-2H3. The fourth-order valence-electron chi connectivity index (χ4n) is 2.04. The zero-order valence-corrected chi connectivity index (χ0v) is 10.2. The van der Waals surface area contributed by atoms with Crippen molar-refractivity contribution in [2.75, 3.05) is 6.54 Å². The molecular weight excluding hydrogens is 210 g/mol. The van der Waals surface area contributed by atoms with Gasteiger partial charge in [-0.3, -0.25) is 0 Å². The molecule has 3 heteroatoms. The van der Waals surface area contributed by atoms with Gasteiger partial charge in [0.05, 0.1) is 5.69 Å². The Morgan fingerprint density at radius 2 is 2.06 bits per heavy atom. The topological polar surface area (TPSA) is 51.8 Å². The van der Waals surface area contributed by atoms with Gasteiger partial charge in [0.1, 0.15) is 0 Å². The van der Waals surface area contributed by atoms with Gasteiger partial charge >= 0.3 is 0 Å². The summed E-state index contributed by atoms with van der Waals surface area (Å²) in [5, 5.41) is 8.09. The third-order valence-corrected chi connectivity index (χ3v) is 3.00. The quantitative estimate of drug-likeness (QED) is 0.874. The Morgan fingerprint density at radius 1 is 1.24 bits per heavy atom. The molecule has 0 saturated heterocycles. The van der Waals surface area contributed by atoms with Crippen LogP contribution in [-0.4, -0.2) is 16.7 Å². The van der Waals surface area contributed by atoms with Crippen molar-refractivity contribution < 1.29 is 0 Å². The Balaban J connectivity index is 2.46. The lowest BCUT2D eigenvalue weighted by Gasteiger charge is -2.17. The van der Waals surface area contributed by atoms with Gasteiger partial charge in [-0.25, -0.2) is 0 Å². The van der Waals surface area contributed by atoms with Crippen LogP contribution >= 0.6 is 0 Å². The molecule has 0 aliphatic heterocycles. The van der Waals surface area contributed by atoms with Gasteiger partial charge < -0.3 is 5.73 Å². The molecule has 0 spiro atoms. The Hall–Kier alpha value is -1.74. The van der Waals surface area contributed by atoms with Gasteiger partial charge in [-0.2, -0.15) is 10.2 Å². The number of nitrogens with two attached hydrogens (primary N) is 1. The van der Waals surface area contributed by atoms with Crippen LogP contribution in [0.2, 0.25) is 0 Å². The summed E-state index contributed by atoms with van der Waals surface area (Å²) in [6, 6.07) is 10.3. The summed E-state index contributed by atoms with van der Waals surface area (Å²) < 4.78 is 0. The number of aromatic nitrogens is 2. The Morgan fingerprint density at radius 3 is 2.71 bits per heavy atom. The van der Waals surface area contributed by atoms with Gasteiger partial charge in [-0.1, -0.05) is 23.8 Å². The van der Waals surface area contributed by atoms with E-state index in [1.165, 1.54) is 16.7 Å². The lowest BCUT2D eigenvalue weighted by Crippen LogP contribution is -2.16. The molecule has 0 saturated carbocycles. The maximum absolute atomic E-state index is 5.89. The van der Waals surface area contributed by atoms with Gasteiger partial charge in [0.15, 0.2) is 0 Å². The summed E-state index contributed by atoms with van der Waals surface area (Å²) in [5.41, 5.74) is 10.6. The summed E-state index contributed by atoms with van der Waals surface area (Å²) in [7, 11) is 0. The molecule has 0 bridgehead atoms. The van der Waals surface area contributed by atoms with Crippen LogP contribution in [0.1, 0.15) is 28.3 Å². The number of benzene rings is 1. The monoisotopic (exact) mass is 227 g/mol. The predicted molar refractivity (Wildman–Crippen MR) is 68.8 cm³/mol. The van der Waals surface area contributed by atoms with Gasteiger partial charge in [-0.05, 0) is 37.1 Å². The summed E-state index contributed by atoms with van der Waals surface area (Å²) in [5.74, 6) is 0.128. The molecule has 17 heavy (non-hydrogen) atoms. The highest BCUT2D eigenvalue weighted by molar-refractivity contribution is 5.37. The Bertz CT molecular complexity index is 494. The van der Waals surface area contributed by atoms with Crippen LogP contribution < -0.4 is 5.73 Å². The lowest BCUT2D eigenvalue weighted by molar-refractivity contribution is 0.755. The molecule has 88 valence electrons. The van der Waals surface area contributed by atoms with Crippen LogP contribution in [0.15, 0.2) is 36.5 Å². The summed E-state index contributed by atoms with van der Waals surface area (Å²) in [6.07, 6.45) is 1.68. The van der Waals surface area contributed by atoms with Crippen molar-refractivity contribution in [3.63, 3.8) is 0 Å². The first-order valence-corrected chi connectivity index (χ1v) is 5.77. The van der Waals surface area contributed by atoms with Gasteiger partial charge in [0.2, 0.25) is 0 Å². The average Bonchev–Trinajstić information content (AvgIpc) is 2.36. The fraction of sp³-hybridized carbons (Fsp3) is 0.286. The van der Waals surface area contributed by atoms with E-state index in [1.54, 1.807) is 6.20 Å². The molecule has 2 aromatic rings. The van der Waals surface area contributed by atoms with Gasteiger partial charge in [-0.15, -0.1) is 0 Å². The first-order valence-electron chi connectivity index (χ1n) is 5.77. The Kier molecular flexibility index (Phi) is 3.49. The number of nitrogens with zero attached hydrogens (tertiary/aromatic N) is 2. The molecule has 1 aromatic carbocycles. The van der Waals surface area contributed by atoms with Crippen molar-refractivity contribution >= 4 is 0 Å². The van der Waals surface area contributed by atoms with E-state index in [4.69, 9.17) is 5.73 Å². The number of hydrogen-bond acceptors (Lipinski definition) is 3. The van der Waals surface area contributed by atoms with E-state index in [0.29, 0.717) is 6.54 Å². The largest absolute Gasteiger partial charge is 0.329 e. The van der Waals surface area contributed by atoms with E-state index >= 15 is 0 Å². The highest BCUT2D eigenvalue weighted by Gasteiger charge is 2.16. The maximum atomic E-state index is 5.89. The molecule has 1 heterocycles. The Labute approximate surface area is 102 Å². The first-order chi connectivity index (χ1) is 8.22. The minimum absolute atomic E-state index is 0.128. The van der Waals surface area contributed by atoms with Crippen LogP contribution in [0, 0.1) is 13.8 Å². The SMILES string of the molecule is Cc1ccc(C)c(C(CN)c2cccnn2)c1. The van der Waals surface area contributed by atoms with Crippen molar-refractivity contribution in [2.24, 2.45) is 5.73 Å². The molecule has 0 aliphatic carbocycles. The van der Waals surface area contributed by atoms with E-state index in [2.05, 4.69) is 42.2 Å². The molecule has 2 rings (SSSR count). The highest BCUT2D eigenvalue weighted by atomic mass is 15.1. The van der Waals surface area contributed by atoms with Crippen LogP contribution in [0.3, 0.4) is 0 Å². The van der Waals surface area contributed by atoms with Crippen molar-refractivity contribution in [1.82, 2.24) is 10.2 Å². The number of aryl methyl sites for hydroxylation is 2. The number of rotatable bonds is 3. The average molecular weight is 227 g/mol. The van der Waals surface area contributed by atoms with Crippen LogP contribution in [0.25, 0.3) is 0 Å². The van der Waals surface area contributed by atoms with E-state index in [1.807, 2.05) is 12.1 Å². The van der Waals surface area contributed by atoms with Crippen LogP contribution in [0.4, 0.5) is 0 Å². The normalized spacial score (nSPS) is 12.4. The van der Waals surface area contributed by atoms with Crippen molar-refractivity contribution in [1.29, 1.82) is 0 Å². The van der Waals surface area contributed by atoms with E-state index < -0.39 is 0 Å².